The Kier molecular flexibility index (Phi) is 2.27. The van der Waals surface area contributed by atoms with Crippen molar-refractivity contribution in [3.63, 3.8) is 0 Å². The van der Waals surface area contributed by atoms with E-state index in [9.17, 15) is 4.79 Å². The van der Waals surface area contributed by atoms with E-state index in [0.717, 1.165) is 6.54 Å². The fourth-order valence-corrected chi connectivity index (χ4v) is 1.79. The number of nitrogens with one attached hydrogen (secondary N) is 1. The second kappa shape index (κ2) is 2.82. The zero-order valence-corrected chi connectivity index (χ0v) is 8.11. The van der Waals surface area contributed by atoms with Crippen molar-refractivity contribution < 1.29 is 4.79 Å². The molecule has 1 saturated heterocycles. The van der Waals surface area contributed by atoms with Gasteiger partial charge in [-0.05, 0) is 0 Å². The number of hydrogen-bond acceptors (Lipinski definition) is 3. The van der Waals surface area contributed by atoms with Crippen LogP contribution in [0.2, 0.25) is 0 Å². The van der Waals surface area contributed by atoms with Crippen molar-refractivity contribution in [1.29, 1.82) is 0 Å². The lowest BCUT2D eigenvalue weighted by molar-refractivity contribution is -0.138. The number of nitrogens with two attached hydrogens (primary N) is 1. The third-order valence-corrected chi connectivity index (χ3v) is 2.70. The van der Waals surface area contributed by atoms with Crippen LogP contribution < -0.4 is 11.1 Å². The van der Waals surface area contributed by atoms with Crippen molar-refractivity contribution in [3.8, 4) is 0 Å². The lowest BCUT2D eigenvalue weighted by Gasteiger charge is -2.40. The summed E-state index contributed by atoms with van der Waals surface area (Å²) in [5, 5.41) is 3.25. The van der Waals surface area contributed by atoms with Crippen molar-refractivity contribution >= 4 is 5.78 Å². The Morgan fingerprint density at radius 1 is 1.42 bits per heavy atom. The Labute approximate surface area is 73.7 Å². The molecule has 70 valence electrons. The van der Waals surface area contributed by atoms with Gasteiger partial charge in [-0.15, -0.1) is 0 Å². The summed E-state index contributed by atoms with van der Waals surface area (Å²) in [6.07, 6.45) is 0. The van der Waals surface area contributed by atoms with Gasteiger partial charge in [-0.3, -0.25) is 4.79 Å². The number of rotatable bonds is 1. The molecular weight excluding hydrogens is 152 g/mol. The van der Waals surface area contributed by atoms with Gasteiger partial charge in [0, 0.05) is 25.0 Å². The van der Waals surface area contributed by atoms with Crippen LogP contribution in [0.3, 0.4) is 0 Å². The van der Waals surface area contributed by atoms with Gasteiger partial charge in [-0.1, -0.05) is 20.8 Å². The van der Waals surface area contributed by atoms with E-state index in [1.54, 1.807) is 0 Å². The molecule has 3 heteroatoms. The molecule has 0 aromatic heterocycles. The first kappa shape index (κ1) is 9.68. The molecule has 1 aliphatic rings. The van der Waals surface area contributed by atoms with Crippen LogP contribution >= 0.6 is 0 Å². The maximum atomic E-state index is 11.9. The molecule has 0 spiro atoms. The van der Waals surface area contributed by atoms with Gasteiger partial charge in [0.1, 0.15) is 5.78 Å². The second-order valence-electron chi connectivity index (χ2n) is 4.58. The number of carbonyl (C=O) groups excluding carboxylic acids is 1. The molecular formula is C9H18N2O. The number of Topliss-reactive ketones (excluding diaryl/α,β-unsaturated/α-hetero) is 1. The SMILES string of the molecule is CC1(C)CNCC(C)(CN)C1=O. The van der Waals surface area contributed by atoms with Crippen molar-refractivity contribution in [2.24, 2.45) is 16.6 Å². The molecule has 1 rings (SSSR count). The van der Waals surface area contributed by atoms with Crippen LogP contribution in [-0.2, 0) is 4.79 Å². The topological polar surface area (TPSA) is 55.1 Å². The van der Waals surface area contributed by atoms with E-state index in [4.69, 9.17) is 5.73 Å². The first-order valence-corrected chi connectivity index (χ1v) is 4.38. The molecule has 1 atom stereocenters. The average molecular weight is 170 g/mol. The largest absolute Gasteiger partial charge is 0.329 e. The Morgan fingerprint density at radius 2 is 2.00 bits per heavy atom. The summed E-state index contributed by atoms with van der Waals surface area (Å²) < 4.78 is 0. The standard InChI is InChI=1S/C9H18N2O/c1-8(2)5-11-6-9(3,4-10)7(8)12/h11H,4-6,10H2,1-3H3. The van der Waals surface area contributed by atoms with E-state index < -0.39 is 0 Å². The number of hydrogen-bond donors (Lipinski definition) is 2. The second-order valence-corrected chi connectivity index (χ2v) is 4.58. The van der Waals surface area contributed by atoms with Crippen LogP contribution in [0.4, 0.5) is 0 Å². The highest BCUT2D eigenvalue weighted by atomic mass is 16.1. The Hall–Kier alpha value is -0.410. The maximum absolute atomic E-state index is 11.9. The zero-order chi connectivity index (χ0) is 9.41. The minimum absolute atomic E-state index is 0.258. The number of piperidine rings is 1. The van der Waals surface area contributed by atoms with Gasteiger partial charge in [0.25, 0.3) is 0 Å². The van der Waals surface area contributed by atoms with Crippen LogP contribution in [0.25, 0.3) is 0 Å². The van der Waals surface area contributed by atoms with Gasteiger partial charge in [0.05, 0.1) is 5.41 Å². The normalized spacial score (nSPS) is 35.2. The molecule has 0 aromatic rings. The van der Waals surface area contributed by atoms with E-state index >= 15 is 0 Å². The summed E-state index contributed by atoms with van der Waals surface area (Å²) in [5.74, 6) is 0.288. The Bertz CT molecular complexity index is 201. The summed E-state index contributed by atoms with van der Waals surface area (Å²) in [6, 6.07) is 0. The Morgan fingerprint density at radius 3 is 2.42 bits per heavy atom. The lowest BCUT2D eigenvalue weighted by Crippen LogP contribution is -2.57. The van der Waals surface area contributed by atoms with Gasteiger partial charge < -0.3 is 11.1 Å². The quantitative estimate of drug-likeness (QED) is 0.589. The molecule has 1 fully saturated rings. The summed E-state index contributed by atoms with van der Waals surface area (Å²) in [6.45, 7) is 7.78. The smallest absolute Gasteiger partial charge is 0.148 e. The van der Waals surface area contributed by atoms with Crippen LogP contribution in [0.1, 0.15) is 20.8 Å². The van der Waals surface area contributed by atoms with E-state index in [1.165, 1.54) is 0 Å². The number of ketones is 1. The highest BCUT2D eigenvalue weighted by molar-refractivity contribution is 5.90. The zero-order valence-electron chi connectivity index (χ0n) is 8.11. The molecule has 0 saturated carbocycles. The van der Waals surface area contributed by atoms with E-state index in [-0.39, 0.29) is 16.6 Å². The van der Waals surface area contributed by atoms with Crippen LogP contribution in [0.15, 0.2) is 0 Å². The molecule has 0 bridgehead atoms. The third kappa shape index (κ3) is 1.39. The highest BCUT2D eigenvalue weighted by Crippen LogP contribution is 2.31. The summed E-state index contributed by atoms with van der Waals surface area (Å²) in [4.78, 5) is 11.9. The molecule has 3 N–H and O–H groups in total. The first-order chi connectivity index (χ1) is 5.42. The van der Waals surface area contributed by atoms with Crippen molar-refractivity contribution in [2.45, 2.75) is 20.8 Å². The van der Waals surface area contributed by atoms with Gasteiger partial charge in [-0.2, -0.15) is 0 Å². The van der Waals surface area contributed by atoms with Crippen LogP contribution in [0.5, 0.6) is 0 Å². The van der Waals surface area contributed by atoms with Crippen molar-refractivity contribution in [2.75, 3.05) is 19.6 Å². The molecule has 1 unspecified atom stereocenters. The Balaban J connectivity index is 2.87. The molecule has 3 nitrogen and oxygen atoms in total. The fourth-order valence-electron chi connectivity index (χ4n) is 1.79. The molecule has 1 heterocycles. The van der Waals surface area contributed by atoms with Crippen molar-refractivity contribution in [1.82, 2.24) is 5.32 Å². The lowest BCUT2D eigenvalue weighted by atomic mass is 9.69. The molecule has 0 aliphatic carbocycles. The first-order valence-electron chi connectivity index (χ1n) is 4.38. The predicted molar refractivity (Wildman–Crippen MR) is 48.8 cm³/mol. The number of carbonyl (C=O) groups is 1. The van der Waals surface area contributed by atoms with Gasteiger partial charge >= 0.3 is 0 Å². The van der Waals surface area contributed by atoms with Gasteiger partial charge in [-0.25, -0.2) is 0 Å². The van der Waals surface area contributed by atoms with E-state index in [1.807, 2.05) is 20.8 Å². The van der Waals surface area contributed by atoms with Crippen LogP contribution in [-0.4, -0.2) is 25.4 Å². The third-order valence-electron chi connectivity index (χ3n) is 2.70. The van der Waals surface area contributed by atoms with Gasteiger partial charge in [0.15, 0.2) is 0 Å². The average Bonchev–Trinajstić information content (AvgIpc) is 2.00. The molecule has 0 aromatic carbocycles. The summed E-state index contributed by atoms with van der Waals surface area (Å²) in [7, 11) is 0. The minimum atomic E-state index is -0.359. The maximum Gasteiger partial charge on any atom is 0.148 e. The molecule has 0 amide bonds. The monoisotopic (exact) mass is 170 g/mol. The van der Waals surface area contributed by atoms with E-state index in [2.05, 4.69) is 5.32 Å². The highest BCUT2D eigenvalue weighted by Gasteiger charge is 2.44. The van der Waals surface area contributed by atoms with E-state index in [0.29, 0.717) is 13.1 Å². The predicted octanol–water partition coefficient (Wildman–Crippen LogP) is 0.150. The van der Waals surface area contributed by atoms with Crippen molar-refractivity contribution in [3.05, 3.63) is 0 Å². The summed E-state index contributed by atoms with van der Waals surface area (Å²) >= 11 is 0. The fraction of sp³-hybridized carbons (Fsp3) is 0.889. The van der Waals surface area contributed by atoms with Crippen LogP contribution in [0, 0.1) is 10.8 Å². The van der Waals surface area contributed by atoms with Gasteiger partial charge in [0.2, 0.25) is 0 Å². The molecule has 0 radical (unpaired) electrons. The summed E-state index contributed by atoms with van der Waals surface area (Å²) in [5.41, 5.74) is 4.97. The molecule has 12 heavy (non-hydrogen) atoms. The minimum Gasteiger partial charge on any atom is -0.329 e. The molecule has 1 aliphatic heterocycles.